The molecule has 29 nitrogen and oxygen atoms in total. The molecule has 706 valence electrons. The number of ether oxygens (including phenoxy) is 20. The van der Waals surface area contributed by atoms with Gasteiger partial charge in [-0.25, -0.2) is 8.37 Å². The van der Waals surface area contributed by atoms with Crippen molar-refractivity contribution in [3.8, 4) is 57.5 Å². The molecule has 0 amide bonds. The molecule has 10 unspecified atom stereocenters. The molecule has 0 fully saturated rings. The first kappa shape index (κ1) is 101. The summed E-state index contributed by atoms with van der Waals surface area (Å²) < 4.78 is 205. The Labute approximate surface area is 773 Å². The average Bonchev–Trinajstić information content (AvgIpc) is 0.874. The van der Waals surface area contributed by atoms with Crippen molar-refractivity contribution in [1.29, 1.82) is 0 Å². The first-order valence-corrected chi connectivity index (χ1v) is 46.3. The summed E-state index contributed by atoms with van der Waals surface area (Å²) in [4.78, 5) is 2.25. The van der Waals surface area contributed by atoms with Crippen LogP contribution in [0.25, 0.3) is 0 Å². The minimum atomic E-state index is -4.74. The smallest absolute Gasteiger partial charge is 0.397 e. The summed E-state index contributed by atoms with van der Waals surface area (Å²) in [6.45, 7) is -0.369. The van der Waals surface area contributed by atoms with Crippen LogP contribution < -0.4 is 47.4 Å². The SMILES string of the molecule is O=S(=O)(O)OCCOC(COc1ccccc1)COC(COc1ccccc1)COC(COc1ccccc1)COC(COc1ccccc1)COC(COc1ccccc1)CN(Cc1ccccc1)CC(COc1ccccc1)OCC(COc1ccccc1)OCC(COc1ccccc1)OCC(COc1ccccc1)OCC(COc1ccccc1)OCCOS(=O)(=O)O. The van der Waals surface area contributed by atoms with Crippen LogP contribution in [0.1, 0.15) is 5.56 Å². The standard InChI is InChI=1S/C101H117NO28S2/c103-131(104,105)129-58-56-109-94(65-113-84-40-18-4-19-41-84)67-123-98(71-117-88-48-26-8-27-49-88)77-127-100(73-119-90-52-30-10-31-53-90)79-125-96(69-115-86-44-22-6-23-45-86)75-121-92(63-111-82-36-14-2-15-37-82)61-102(60-81-34-12-1-13-35-81)62-93(64-112-83-38-16-3-17-39-83)122-76-97(70-116-87-46-24-7-25-47-87)126-80-101(74-120-91-54-32-11-33-55-91)128-78-99(72-118-89-50-28-9-29-51-89)124-68-95(110-57-59-130-132(106,107)108)66-114-85-42-20-5-21-43-85/h1-55,92-101H,56-80H2,(H,103,104,105)(H,106,107,108). The lowest BCUT2D eigenvalue weighted by Crippen LogP contribution is -2.45. The molecule has 11 rings (SSSR count). The summed E-state index contributed by atoms with van der Waals surface area (Å²) in [6, 6.07) is 103. The second kappa shape index (κ2) is 59.3. The van der Waals surface area contributed by atoms with Crippen molar-refractivity contribution in [2.24, 2.45) is 0 Å². The summed E-state index contributed by atoms with van der Waals surface area (Å²) in [5.41, 5.74) is 1.01. The van der Waals surface area contributed by atoms with Crippen molar-refractivity contribution in [3.05, 3.63) is 339 Å². The minimum absolute atomic E-state index is 0.00386. The summed E-state index contributed by atoms with van der Waals surface area (Å²) >= 11 is 0. The fourth-order valence-electron chi connectivity index (χ4n) is 12.8. The van der Waals surface area contributed by atoms with Crippen molar-refractivity contribution < 1.29 is 129 Å². The van der Waals surface area contributed by atoms with Crippen LogP contribution in [-0.2, 0) is 83.1 Å². The van der Waals surface area contributed by atoms with E-state index in [0.29, 0.717) is 64.0 Å². The van der Waals surface area contributed by atoms with Crippen molar-refractivity contribution in [1.82, 2.24) is 4.90 Å². The maximum Gasteiger partial charge on any atom is 0.397 e. The highest BCUT2D eigenvalue weighted by atomic mass is 32.3. The molecule has 0 bridgehead atoms. The molecule has 0 spiro atoms. The first-order chi connectivity index (χ1) is 64.7. The van der Waals surface area contributed by atoms with Gasteiger partial charge in [-0.3, -0.25) is 14.0 Å². The molecule has 11 aromatic rings. The van der Waals surface area contributed by atoms with Crippen molar-refractivity contribution >= 4 is 20.8 Å². The van der Waals surface area contributed by atoms with Gasteiger partial charge in [-0.15, -0.1) is 0 Å². The van der Waals surface area contributed by atoms with E-state index in [1.165, 1.54) is 0 Å². The molecule has 31 heteroatoms. The Balaban J connectivity index is 0.837. The monoisotopic (exact) mass is 1860 g/mol. The second-order valence-corrected chi connectivity index (χ2v) is 32.2. The van der Waals surface area contributed by atoms with Gasteiger partial charge in [-0.1, -0.05) is 212 Å². The zero-order valence-electron chi connectivity index (χ0n) is 73.5. The van der Waals surface area contributed by atoms with Gasteiger partial charge in [0.15, 0.2) is 0 Å². The van der Waals surface area contributed by atoms with Crippen LogP contribution in [0.3, 0.4) is 0 Å². The Bertz CT molecular complexity index is 4710. The third kappa shape index (κ3) is 43.4. The third-order valence-corrected chi connectivity index (χ3v) is 20.4. The summed E-state index contributed by atoms with van der Waals surface area (Å²) in [6.07, 6.45) is -7.38. The molecule has 10 atom stereocenters. The molecular weight excluding hydrogens is 1740 g/mol. The minimum Gasteiger partial charge on any atom is -0.491 e. The predicted molar refractivity (Wildman–Crippen MR) is 493 cm³/mol. The number of hydrogen-bond donors (Lipinski definition) is 2. The zero-order valence-corrected chi connectivity index (χ0v) is 75.1. The van der Waals surface area contributed by atoms with E-state index < -0.39 is 95.1 Å². The number of para-hydroxylation sites is 10. The van der Waals surface area contributed by atoms with E-state index in [4.69, 9.17) is 94.7 Å². The maximum atomic E-state index is 11.5. The van der Waals surface area contributed by atoms with Gasteiger partial charge in [0, 0.05) is 19.6 Å². The van der Waals surface area contributed by atoms with E-state index in [2.05, 4.69) is 25.4 Å². The molecule has 11 aromatic carbocycles. The fourth-order valence-corrected chi connectivity index (χ4v) is 13.4. The van der Waals surface area contributed by atoms with Gasteiger partial charge in [0.05, 0.1) is 79.3 Å². The Hall–Kier alpha value is -11.3. The molecule has 2 N–H and O–H groups in total. The molecule has 0 heterocycles. The lowest BCUT2D eigenvalue weighted by atomic mass is 10.2. The van der Waals surface area contributed by atoms with Crippen LogP contribution in [0.2, 0.25) is 0 Å². The van der Waals surface area contributed by atoms with Crippen LogP contribution in [-0.4, -0.2) is 250 Å². The average molecular weight is 1860 g/mol. The number of benzene rings is 11. The Kier molecular flexibility index (Phi) is 45.5. The molecule has 0 aromatic heterocycles. The highest BCUT2D eigenvalue weighted by Gasteiger charge is 2.29. The van der Waals surface area contributed by atoms with Gasteiger partial charge < -0.3 is 94.7 Å². The molecule has 0 saturated carbocycles. The molecule has 0 saturated heterocycles. The molecule has 0 aliphatic heterocycles. The predicted octanol–water partition coefficient (Wildman–Crippen LogP) is 14.8. The number of rotatable bonds is 70. The van der Waals surface area contributed by atoms with E-state index >= 15 is 0 Å². The summed E-state index contributed by atoms with van der Waals surface area (Å²) in [5, 5.41) is 0. The van der Waals surface area contributed by atoms with E-state index in [0.717, 1.165) is 5.56 Å². The normalized spacial score (nSPS) is 13.9. The van der Waals surface area contributed by atoms with E-state index in [9.17, 15) is 25.9 Å². The Morgan fingerprint density at radius 2 is 0.341 bits per heavy atom. The van der Waals surface area contributed by atoms with Crippen LogP contribution >= 0.6 is 0 Å². The van der Waals surface area contributed by atoms with Gasteiger partial charge in [0.1, 0.15) is 185 Å². The molecular formula is C101H117NO28S2. The Morgan fingerprint density at radius 3 is 0.515 bits per heavy atom. The summed E-state index contributed by atoms with van der Waals surface area (Å²) in [5.74, 6) is 5.95. The highest BCUT2D eigenvalue weighted by Crippen LogP contribution is 2.23. The van der Waals surface area contributed by atoms with Crippen molar-refractivity contribution in [2.45, 2.75) is 67.6 Å². The van der Waals surface area contributed by atoms with Crippen LogP contribution in [0.15, 0.2) is 334 Å². The van der Waals surface area contributed by atoms with Crippen LogP contribution in [0.5, 0.6) is 57.5 Å². The van der Waals surface area contributed by atoms with Gasteiger partial charge in [-0.2, -0.15) is 16.8 Å². The van der Waals surface area contributed by atoms with Crippen LogP contribution in [0.4, 0.5) is 0 Å². The number of hydrogen-bond acceptors (Lipinski definition) is 27. The largest absolute Gasteiger partial charge is 0.491 e. The van der Waals surface area contributed by atoms with Gasteiger partial charge in [0.2, 0.25) is 0 Å². The topological polar surface area (TPSA) is 315 Å². The van der Waals surface area contributed by atoms with E-state index in [1.54, 1.807) is 24.3 Å². The second-order valence-electron chi connectivity index (χ2n) is 30.0. The molecule has 0 radical (unpaired) electrons. The molecule has 0 aliphatic rings. The van der Waals surface area contributed by atoms with Crippen molar-refractivity contribution in [2.75, 3.05) is 158 Å². The maximum absolute atomic E-state index is 11.5. The van der Waals surface area contributed by atoms with Crippen LogP contribution in [0, 0.1) is 0 Å². The van der Waals surface area contributed by atoms with Crippen molar-refractivity contribution in [3.63, 3.8) is 0 Å². The van der Waals surface area contributed by atoms with E-state index in [1.807, 2.05) is 297 Å². The molecule has 0 aliphatic carbocycles. The van der Waals surface area contributed by atoms with E-state index in [-0.39, 0.29) is 145 Å². The first-order valence-electron chi connectivity index (χ1n) is 43.6. The highest BCUT2D eigenvalue weighted by molar-refractivity contribution is 7.81. The number of nitrogens with zero attached hydrogens (tertiary/aromatic N) is 1. The van der Waals surface area contributed by atoms with Gasteiger partial charge in [0.25, 0.3) is 0 Å². The quantitative estimate of drug-likeness (QED) is 0.0264. The van der Waals surface area contributed by atoms with Gasteiger partial charge in [-0.05, 0) is 127 Å². The lowest BCUT2D eigenvalue weighted by Gasteiger charge is -2.32. The summed E-state index contributed by atoms with van der Waals surface area (Å²) in [7, 11) is -9.47. The lowest BCUT2D eigenvalue weighted by molar-refractivity contribution is -0.132. The Morgan fingerprint density at radius 1 is 0.189 bits per heavy atom. The fraction of sp³-hybridized carbons (Fsp3) is 0.347. The molecule has 132 heavy (non-hydrogen) atoms. The zero-order chi connectivity index (χ0) is 91.8. The van der Waals surface area contributed by atoms with Gasteiger partial charge >= 0.3 is 20.8 Å². The third-order valence-electron chi connectivity index (χ3n) is 19.4.